The summed E-state index contributed by atoms with van der Waals surface area (Å²) in [6.45, 7) is 0.778. The molecule has 2 rings (SSSR count). The zero-order valence-electron chi connectivity index (χ0n) is 13.9. The topological polar surface area (TPSA) is 133 Å². The van der Waals surface area contributed by atoms with E-state index < -0.39 is 23.5 Å². The van der Waals surface area contributed by atoms with Gasteiger partial charge in [-0.15, -0.1) is 0 Å². The fraction of sp³-hybridized carbons (Fsp3) is 0.111. The Kier molecular flexibility index (Phi) is 8.16. The van der Waals surface area contributed by atoms with Crippen molar-refractivity contribution in [3.63, 3.8) is 0 Å². The molecule has 0 fully saturated rings. The minimum atomic E-state index is -1.28. The van der Waals surface area contributed by atoms with Crippen molar-refractivity contribution < 1.29 is 45.9 Å². The number of ketones is 2. The zero-order valence-corrected chi connectivity index (χ0v) is 14.9. The second-order valence-electron chi connectivity index (χ2n) is 5.26. The van der Waals surface area contributed by atoms with Crippen LogP contribution >= 0.6 is 0 Å². The standard InChI is InChI=1S/C18H16N2O6.Ni/c21-15-11(3-1-5-13(15)17(23)24)9-19-7-8-20-10-12-4-2-6-14(16(12)22)18(25)26;/h1-6,9-10,19-20H,7-8H2,(H,23,24)(H,25,26);/b11-9-,12-10-;. The summed E-state index contributed by atoms with van der Waals surface area (Å²) in [6, 6.07) is 0. The fourth-order valence-electron chi connectivity index (χ4n) is 2.18. The van der Waals surface area contributed by atoms with Gasteiger partial charge in [0, 0.05) is 53.1 Å². The van der Waals surface area contributed by atoms with Gasteiger partial charge in [0.2, 0.25) is 11.6 Å². The Labute approximate surface area is 164 Å². The molecule has 0 atom stereocenters. The fourth-order valence-corrected chi connectivity index (χ4v) is 2.18. The van der Waals surface area contributed by atoms with Crippen LogP contribution in [0.5, 0.6) is 0 Å². The van der Waals surface area contributed by atoms with Gasteiger partial charge in [-0.3, -0.25) is 9.59 Å². The largest absolute Gasteiger partial charge is 0.478 e. The van der Waals surface area contributed by atoms with Crippen LogP contribution in [-0.2, 0) is 35.7 Å². The van der Waals surface area contributed by atoms with Gasteiger partial charge in [-0.05, 0) is 24.3 Å². The summed E-state index contributed by atoms with van der Waals surface area (Å²) in [7, 11) is 0. The number of allylic oxidation sites excluding steroid dienone is 8. The van der Waals surface area contributed by atoms with Crippen molar-refractivity contribution in [2.24, 2.45) is 0 Å². The number of carboxylic acid groups (broad SMARTS) is 2. The first-order chi connectivity index (χ1) is 12.4. The third-order valence-electron chi connectivity index (χ3n) is 3.48. The Balaban J connectivity index is 0.00000364. The molecule has 144 valence electrons. The Morgan fingerprint density at radius 3 is 1.52 bits per heavy atom. The van der Waals surface area contributed by atoms with E-state index in [1.807, 2.05) is 0 Å². The van der Waals surface area contributed by atoms with Crippen LogP contribution in [0.15, 0.2) is 71.1 Å². The zero-order chi connectivity index (χ0) is 19.1. The first-order valence-electron chi connectivity index (χ1n) is 7.61. The van der Waals surface area contributed by atoms with E-state index in [2.05, 4.69) is 10.6 Å². The van der Waals surface area contributed by atoms with Crippen LogP contribution in [0.2, 0.25) is 0 Å². The third kappa shape index (κ3) is 5.65. The summed E-state index contributed by atoms with van der Waals surface area (Å²) < 4.78 is 0. The summed E-state index contributed by atoms with van der Waals surface area (Å²) >= 11 is 0. The molecular weight excluding hydrogens is 399 g/mol. The predicted octanol–water partition coefficient (Wildman–Crippen LogP) is 0.231. The number of aliphatic carboxylic acids is 2. The molecule has 0 spiro atoms. The Morgan fingerprint density at radius 1 is 0.815 bits per heavy atom. The molecule has 2 aliphatic carbocycles. The summed E-state index contributed by atoms with van der Waals surface area (Å²) in [5, 5.41) is 23.5. The van der Waals surface area contributed by atoms with Gasteiger partial charge >= 0.3 is 11.9 Å². The number of carbonyl (C=O) groups is 4. The van der Waals surface area contributed by atoms with Crippen molar-refractivity contribution in [2.75, 3.05) is 13.1 Å². The summed E-state index contributed by atoms with van der Waals surface area (Å²) in [6.07, 6.45) is 11.3. The second kappa shape index (κ2) is 10.1. The van der Waals surface area contributed by atoms with Crippen molar-refractivity contribution in [3.8, 4) is 0 Å². The number of hydrogen-bond acceptors (Lipinski definition) is 6. The third-order valence-corrected chi connectivity index (χ3v) is 3.48. The molecule has 0 aliphatic heterocycles. The quantitative estimate of drug-likeness (QED) is 0.201. The van der Waals surface area contributed by atoms with Gasteiger partial charge in [-0.1, -0.05) is 12.2 Å². The van der Waals surface area contributed by atoms with E-state index in [1.165, 1.54) is 48.9 Å². The molecule has 0 amide bonds. The van der Waals surface area contributed by atoms with Crippen molar-refractivity contribution >= 4 is 23.5 Å². The average molecular weight is 415 g/mol. The van der Waals surface area contributed by atoms with E-state index >= 15 is 0 Å². The minimum absolute atomic E-state index is 0. The van der Waals surface area contributed by atoms with Gasteiger partial charge in [0.15, 0.2) is 0 Å². The van der Waals surface area contributed by atoms with Crippen LogP contribution in [0, 0.1) is 0 Å². The second-order valence-corrected chi connectivity index (χ2v) is 5.26. The average Bonchev–Trinajstić information content (AvgIpc) is 2.60. The van der Waals surface area contributed by atoms with E-state index in [9.17, 15) is 19.2 Å². The molecule has 4 N–H and O–H groups in total. The number of Topliss-reactive ketones (excluding diaryl/α,β-unsaturated/α-hetero) is 2. The van der Waals surface area contributed by atoms with Gasteiger partial charge in [0.05, 0.1) is 0 Å². The monoisotopic (exact) mass is 414 g/mol. The Hall–Kier alpha value is -3.19. The van der Waals surface area contributed by atoms with Crippen molar-refractivity contribution in [3.05, 3.63) is 71.1 Å². The van der Waals surface area contributed by atoms with E-state index in [1.54, 1.807) is 0 Å². The molecule has 8 nitrogen and oxygen atoms in total. The first-order valence-corrected chi connectivity index (χ1v) is 7.61. The minimum Gasteiger partial charge on any atom is -0.478 e. The van der Waals surface area contributed by atoms with E-state index in [0.717, 1.165) is 0 Å². The number of nitrogens with one attached hydrogen (secondary N) is 2. The molecule has 0 saturated carbocycles. The van der Waals surface area contributed by atoms with Crippen LogP contribution in [-0.4, -0.2) is 46.8 Å². The van der Waals surface area contributed by atoms with Crippen molar-refractivity contribution in [2.45, 2.75) is 0 Å². The van der Waals surface area contributed by atoms with Crippen molar-refractivity contribution in [1.29, 1.82) is 0 Å². The van der Waals surface area contributed by atoms with Gasteiger partial charge in [-0.2, -0.15) is 0 Å². The van der Waals surface area contributed by atoms with Crippen LogP contribution < -0.4 is 10.6 Å². The molecular formula is C18H16N2NiO6. The van der Waals surface area contributed by atoms with Crippen molar-refractivity contribution in [1.82, 2.24) is 10.6 Å². The van der Waals surface area contributed by atoms with Gasteiger partial charge < -0.3 is 20.8 Å². The maximum absolute atomic E-state index is 11.9. The molecule has 0 saturated heterocycles. The Bertz CT molecular complexity index is 776. The predicted molar refractivity (Wildman–Crippen MR) is 91.9 cm³/mol. The molecule has 0 unspecified atom stereocenters. The Morgan fingerprint density at radius 2 is 1.19 bits per heavy atom. The molecule has 9 heteroatoms. The summed E-state index contributed by atoms with van der Waals surface area (Å²) in [5.74, 6) is -3.71. The van der Waals surface area contributed by atoms with Crippen LogP contribution in [0.25, 0.3) is 0 Å². The van der Waals surface area contributed by atoms with Gasteiger partial charge in [0.25, 0.3) is 0 Å². The molecule has 0 heterocycles. The molecule has 27 heavy (non-hydrogen) atoms. The number of carbonyl (C=O) groups excluding carboxylic acids is 2. The van der Waals surface area contributed by atoms with E-state index in [4.69, 9.17) is 10.2 Å². The van der Waals surface area contributed by atoms with Crippen LogP contribution in [0.4, 0.5) is 0 Å². The smallest absolute Gasteiger partial charge is 0.339 e. The number of carboxylic acids is 2. The van der Waals surface area contributed by atoms with Crippen LogP contribution in [0.1, 0.15) is 0 Å². The normalized spacial score (nSPS) is 18.7. The van der Waals surface area contributed by atoms with Gasteiger partial charge in [-0.25, -0.2) is 9.59 Å². The molecule has 0 aromatic rings. The molecule has 2 aliphatic rings. The number of hydrogen-bond donors (Lipinski definition) is 4. The summed E-state index contributed by atoms with van der Waals surface area (Å²) in [4.78, 5) is 45.6. The molecule has 0 radical (unpaired) electrons. The van der Waals surface area contributed by atoms with E-state index in [-0.39, 0.29) is 38.8 Å². The first kappa shape index (κ1) is 21.9. The van der Waals surface area contributed by atoms with Gasteiger partial charge in [0.1, 0.15) is 11.1 Å². The number of rotatable bonds is 7. The SMILES string of the molecule is O=C(O)C1=CC=C/C(=C/NCCN/C=C2/C=CC=C(C(=O)O)C2=O)C1=O.[Ni]. The molecule has 0 aromatic heterocycles. The van der Waals surface area contributed by atoms with Crippen LogP contribution in [0.3, 0.4) is 0 Å². The maximum Gasteiger partial charge on any atom is 0.339 e. The van der Waals surface area contributed by atoms with E-state index in [0.29, 0.717) is 13.1 Å². The maximum atomic E-state index is 11.9. The summed E-state index contributed by atoms with van der Waals surface area (Å²) in [5.41, 5.74) is -0.142. The molecule has 0 bridgehead atoms. The molecule has 0 aromatic carbocycles.